The standard InChI is InChI=1S/C17H23O4/c1-3-5-11-16(18)20-13-14-9-7-8-10-15(14)21-17(19)12-6-4-2/h8-10H,3-6,11-13H2,1-2H3. The molecule has 1 aromatic rings. The van der Waals surface area contributed by atoms with Gasteiger partial charge in [-0.05, 0) is 31.0 Å². The van der Waals surface area contributed by atoms with E-state index in [-0.39, 0.29) is 18.5 Å². The van der Waals surface area contributed by atoms with Crippen LogP contribution in [0, 0.1) is 6.07 Å². The lowest BCUT2D eigenvalue weighted by molar-refractivity contribution is -0.145. The highest BCUT2D eigenvalue weighted by Crippen LogP contribution is 2.20. The quantitative estimate of drug-likeness (QED) is 0.513. The average Bonchev–Trinajstić information content (AvgIpc) is 2.50. The smallest absolute Gasteiger partial charge is 0.311 e. The Labute approximate surface area is 126 Å². The number of rotatable bonds is 9. The predicted octanol–water partition coefficient (Wildman–Crippen LogP) is 3.82. The molecule has 0 unspecified atom stereocenters. The minimum absolute atomic E-state index is 0.107. The van der Waals surface area contributed by atoms with Crippen molar-refractivity contribution in [2.45, 2.75) is 59.0 Å². The van der Waals surface area contributed by atoms with Gasteiger partial charge in [0.25, 0.3) is 0 Å². The molecule has 115 valence electrons. The molecular formula is C17H23O4. The number of carbonyl (C=O) groups is 2. The fraction of sp³-hybridized carbons (Fsp3) is 0.529. The van der Waals surface area contributed by atoms with Crippen LogP contribution in [0.3, 0.4) is 0 Å². The van der Waals surface area contributed by atoms with E-state index in [0.29, 0.717) is 24.2 Å². The first-order valence-corrected chi connectivity index (χ1v) is 7.52. The summed E-state index contributed by atoms with van der Waals surface area (Å²) in [6.45, 7) is 4.15. The number of unbranched alkanes of at least 4 members (excludes halogenated alkanes) is 2. The van der Waals surface area contributed by atoms with E-state index in [2.05, 4.69) is 6.07 Å². The molecule has 0 saturated carbocycles. The largest absolute Gasteiger partial charge is 0.461 e. The van der Waals surface area contributed by atoms with E-state index in [4.69, 9.17) is 9.47 Å². The Balaban J connectivity index is 2.54. The van der Waals surface area contributed by atoms with Crippen LogP contribution in [0.5, 0.6) is 5.75 Å². The van der Waals surface area contributed by atoms with Crippen molar-refractivity contribution in [1.82, 2.24) is 0 Å². The summed E-state index contributed by atoms with van der Waals surface area (Å²) in [5.41, 5.74) is 0.659. The maximum atomic E-state index is 11.7. The number of esters is 2. The number of hydrogen-bond acceptors (Lipinski definition) is 4. The molecule has 4 heteroatoms. The summed E-state index contributed by atoms with van der Waals surface area (Å²) in [6, 6.07) is 7.92. The zero-order chi connectivity index (χ0) is 15.5. The second kappa shape index (κ2) is 9.97. The Morgan fingerprint density at radius 2 is 1.76 bits per heavy atom. The van der Waals surface area contributed by atoms with Crippen LogP contribution < -0.4 is 4.74 Å². The van der Waals surface area contributed by atoms with Crippen LogP contribution >= 0.6 is 0 Å². The van der Waals surface area contributed by atoms with Gasteiger partial charge in [-0.25, -0.2) is 0 Å². The molecule has 0 spiro atoms. The van der Waals surface area contributed by atoms with E-state index >= 15 is 0 Å². The van der Waals surface area contributed by atoms with E-state index < -0.39 is 0 Å². The molecule has 1 aromatic carbocycles. The van der Waals surface area contributed by atoms with Crippen molar-refractivity contribution in [1.29, 1.82) is 0 Å². The van der Waals surface area contributed by atoms with Crippen molar-refractivity contribution in [3.05, 3.63) is 29.8 Å². The van der Waals surface area contributed by atoms with Crippen LogP contribution in [-0.4, -0.2) is 11.9 Å². The van der Waals surface area contributed by atoms with E-state index in [1.54, 1.807) is 18.2 Å². The van der Waals surface area contributed by atoms with Crippen LogP contribution in [0.15, 0.2) is 18.2 Å². The summed E-state index contributed by atoms with van der Waals surface area (Å²) in [5.74, 6) is -0.0521. The second-order valence-electron chi connectivity index (χ2n) is 4.88. The van der Waals surface area contributed by atoms with Gasteiger partial charge in [0.2, 0.25) is 0 Å². The molecule has 0 bridgehead atoms. The summed E-state index contributed by atoms with van der Waals surface area (Å²) in [6.07, 6.45) is 4.33. The van der Waals surface area contributed by atoms with Gasteiger partial charge in [-0.15, -0.1) is 0 Å². The molecule has 0 amide bonds. The highest BCUT2D eigenvalue weighted by atomic mass is 16.5. The van der Waals surface area contributed by atoms with Crippen molar-refractivity contribution in [3.8, 4) is 5.75 Å². The Bertz CT molecular complexity index is 454. The molecule has 0 aliphatic rings. The van der Waals surface area contributed by atoms with Gasteiger partial charge in [-0.1, -0.05) is 32.8 Å². The maximum absolute atomic E-state index is 11.7. The van der Waals surface area contributed by atoms with Crippen LogP contribution in [0.4, 0.5) is 0 Å². The van der Waals surface area contributed by atoms with E-state index in [9.17, 15) is 9.59 Å². The summed E-state index contributed by atoms with van der Waals surface area (Å²) < 4.78 is 10.5. The lowest BCUT2D eigenvalue weighted by atomic mass is 10.2. The third-order valence-electron chi connectivity index (χ3n) is 2.99. The van der Waals surface area contributed by atoms with Gasteiger partial charge in [0.15, 0.2) is 0 Å². The Morgan fingerprint density at radius 1 is 1.10 bits per heavy atom. The average molecular weight is 291 g/mol. The van der Waals surface area contributed by atoms with Gasteiger partial charge in [0.1, 0.15) is 12.4 Å². The van der Waals surface area contributed by atoms with Crippen molar-refractivity contribution in [3.63, 3.8) is 0 Å². The molecule has 0 aromatic heterocycles. The lowest BCUT2D eigenvalue weighted by Crippen LogP contribution is -2.10. The maximum Gasteiger partial charge on any atom is 0.311 e. The summed E-state index contributed by atoms with van der Waals surface area (Å²) in [5, 5.41) is 0. The molecule has 1 rings (SSSR count). The SMILES string of the molecule is CCCCC(=O)OCc1c[c]ccc1OC(=O)CCCC. The number of carbonyl (C=O) groups excluding carboxylic acids is 2. The minimum atomic E-state index is -0.262. The predicted molar refractivity (Wildman–Crippen MR) is 79.8 cm³/mol. The first kappa shape index (κ1) is 17.2. The fourth-order valence-corrected chi connectivity index (χ4v) is 1.71. The molecule has 0 saturated heterocycles. The monoisotopic (exact) mass is 291 g/mol. The Morgan fingerprint density at radius 3 is 2.43 bits per heavy atom. The van der Waals surface area contributed by atoms with Gasteiger partial charge in [0.05, 0.1) is 0 Å². The van der Waals surface area contributed by atoms with Gasteiger partial charge >= 0.3 is 11.9 Å². The Hall–Kier alpha value is -1.84. The molecule has 21 heavy (non-hydrogen) atoms. The molecule has 0 heterocycles. The molecule has 0 N–H and O–H groups in total. The first-order valence-electron chi connectivity index (χ1n) is 7.52. The van der Waals surface area contributed by atoms with Crippen molar-refractivity contribution in [2.75, 3.05) is 0 Å². The summed E-state index contributed by atoms with van der Waals surface area (Å²) in [4.78, 5) is 23.2. The van der Waals surface area contributed by atoms with Crippen LogP contribution in [0.25, 0.3) is 0 Å². The Kier molecular flexibility index (Phi) is 8.17. The fourth-order valence-electron chi connectivity index (χ4n) is 1.71. The summed E-state index contributed by atoms with van der Waals surface area (Å²) in [7, 11) is 0. The van der Waals surface area contributed by atoms with Gasteiger partial charge < -0.3 is 9.47 Å². The normalized spacial score (nSPS) is 10.2. The van der Waals surface area contributed by atoms with Crippen molar-refractivity contribution >= 4 is 11.9 Å². The van der Waals surface area contributed by atoms with Crippen LogP contribution in [0.1, 0.15) is 57.9 Å². The number of benzene rings is 1. The third kappa shape index (κ3) is 6.93. The highest BCUT2D eigenvalue weighted by molar-refractivity contribution is 5.73. The molecule has 4 nitrogen and oxygen atoms in total. The van der Waals surface area contributed by atoms with Crippen LogP contribution in [0.2, 0.25) is 0 Å². The number of ether oxygens (including phenoxy) is 2. The van der Waals surface area contributed by atoms with E-state index in [1.165, 1.54) is 0 Å². The van der Waals surface area contributed by atoms with E-state index in [1.807, 2.05) is 13.8 Å². The second-order valence-corrected chi connectivity index (χ2v) is 4.88. The van der Waals surface area contributed by atoms with E-state index in [0.717, 1.165) is 25.7 Å². The first-order chi connectivity index (χ1) is 10.2. The number of hydrogen-bond donors (Lipinski definition) is 0. The minimum Gasteiger partial charge on any atom is -0.461 e. The topological polar surface area (TPSA) is 52.6 Å². The highest BCUT2D eigenvalue weighted by Gasteiger charge is 2.10. The zero-order valence-electron chi connectivity index (χ0n) is 12.8. The lowest BCUT2D eigenvalue weighted by Gasteiger charge is -2.10. The zero-order valence-corrected chi connectivity index (χ0v) is 12.8. The van der Waals surface area contributed by atoms with Gasteiger partial charge in [0, 0.05) is 18.4 Å². The molecular weight excluding hydrogens is 268 g/mol. The molecule has 0 fully saturated rings. The third-order valence-corrected chi connectivity index (χ3v) is 2.99. The molecule has 0 atom stereocenters. The molecule has 0 aliphatic carbocycles. The van der Waals surface area contributed by atoms with Crippen molar-refractivity contribution < 1.29 is 19.1 Å². The van der Waals surface area contributed by atoms with Gasteiger partial charge in [-0.2, -0.15) is 0 Å². The van der Waals surface area contributed by atoms with Gasteiger partial charge in [-0.3, -0.25) is 9.59 Å². The molecule has 1 radical (unpaired) electrons. The molecule has 0 aliphatic heterocycles. The van der Waals surface area contributed by atoms with Crippen LogP contribution in [-0.2, 0) is 20.9 Å². The summed E-state index contributed by atoms with van der Waals surface area (Å²) >= 11 is 0. The van der Waals surface area contributed by atoms with Crippen molar-refractivity contribution in [2.24, 2.45) is 0 Å².